The molecule has 0 fully saturated rings. The molecule has 0 aliphatic rings. The van der Waals surface area contributed by atoms with E-state index in [1.165, 1.54) is 10.6 Å². The summed E-state index contributed by atoms with van der Waals surface area (Å²) < 4.78 is 31.1. The Labute approximate surface area is 170 Å². The quantitative estimate of drug-likeness (QED) is 0.508. The van der Waals surface area contributed by atoms with Crippen molar-refractivity contribution >= 4 is 42.9 Å². The van der Waals surface area contributed by atoms with E-state index in [-0.39, 0.29) is 9.77 Å². The van der Waals surface area contributed by atoms with Crippen molar-refractivity contribution in [1.29, 1.82) is 0 Å². The van der Waals surface area contributed by atoms with Crippen molar-refractivity contribution in [3.63, 3.8) is 0 Å². The second kappa shape index (κ2) is 7.59. The maximum atomic E-state index is 13.1. The third-order valence-corrected chi connectivity index (χ3v) is 7.63. The molecular weight excluding hydrogens is 414 g/mol. The summed E-state index contributed by atoms with van der Waals surface area (Å²) in [4.78, 5) is 16.2. The first-order chi connectivity index (χ1) is 13.4. The molecule has 4 rings (SSSR count). The molecule has 0 spiro atoms. The maximum absolute atomic E-state index is 13.1. The van der Waals surface area contributed by atoms with E-state index in [0.717, 1.165) is 16.9 Å². The molecule has 9 heteroatoms. The molecule has 0 saturated heterocycles. The van der Waals surface area contributed by atoms with Gasteiger partial charge in [0.2, 0.25) is 10.0 Å². The number of hydrogen-bond acceptors (Lipinski definition) is 6. The minimum atomic E-state index is -3.80. The zero-order valence-corrected chi connectivity index (χ0v) is 17.4. The number of hydrogen-bond donors (Lipinski definition) is 1. The highest BCUT2D eigenvalue weighted by Gasteiger charge is 2.23. The zero-order valence-electron chi connectivity index (χ0n) is 14.9. The predicted molar refractivity (Wildman–Crippen MR) is 112 cm³/mol. The van der Waals surface area contributed by atoms with E-state index in [2.05, 4.69) is 9.71 Å². The Morgan fingerprint density at radius 3 is 2.79 bits per heavy atom. The lowest BCUT2D eigenvalue weighted by atomic mass is 10.1. The highest BCUT2D eigenvalue weighted by Crippen LogP contribution is 2.24. The average Bonchev–Trinajstić information content (AvgIpc) is 3.30. The van der Waals surface area contributed by atoms with Crippen LogP contribution >= 0.6 is 22.7 Å². The van der Waals surface area contributed by atoms with Crippen LogP contribution in [0.25, 0.3) is 10.2 Å². The maximum Gasteiger partial charge on any atom is 0.307 e. The van der Waals surface area contributed by atoms with Crippen molar-refractivity contribution in [1.82, 2.24) is 14.3 Å². The first kappa shape index (κ1) is 19.0. The van der Waals surface area contributed by atoms with E-state index in [1.54, 1.807) is 42.8 Å². The number of thiophene rings is 1. The summed E-state index contributed by atoms with van der Waals surface area (Å²) in [7, 11) is -2.12. The van der Waals surface area contributed by atoms with Crippen LogP contribution in [0.1, 0.15) is 17.3 Å². The van der Waals surface area contributed by atoms with Crippen LogP contribution in [-0.4, -0.2) is 18.0 Å². The van der Waals surface area contributed by atoms with Gasteiger partial charge in [-0.25, -0.2) is 13.1 Å². The molecular formula is C19H17N3O3S3. The molecule has 4 aromatic rings. The molecule has 0 amide bonds. The van der Waals surface area contributed by atoms with E-state index in [0.29, 0.717) is 22.3 Å². The van der Waals surface area contributed by atoms with Crippen molar-refractivity contribution in [2.24, 2.45) is 7.05 Å². The van der Waals surface area contributed by atoms with Crippen molar-refractivity contribution in [2.45, 2.75) is 17.4 Å². The lowest BCUT2D eigenvalue weighted by Crippen LogP contribution is -2.30. The number of aromatic nitrogens is 2. The number of nitrogens with one attached hydrogen (secondary N) is 1. The highest BCUT2D eigenvalue weighted by molar-refractivity contribution is 7.89. The monoisotopic (exact) mass is 431 g/mol. The van der Waals surface area contributed by atoms with Crippen LogP contribution in [0.3, 0.4) is 0 Å². The fourth-order valence-electron chi connectivity index (χ4n) is 2.97. The number of thiazole rings is 1. The molecule has 144 valence electrons. The molecule has 0 bridgehead atoms. The van der Waals surface area contributed by atoms with E-state index >= 15 is 0 Å². The van der Waals surface area contributed by atoms with Gasteiger partial charge < -0.3 is 4.57 Å². The Morgan fingerprint density at radius 1 is 1.21 bits per heavy atom. The summed E-state index contributed by atoms with van der Waals surface area (Å²) in [5, 5.41) is 3.96. The second-order valence-electron chi connectivity index (χ2n) is 6.32. The smallest absolute Gasteiger partial charge is 0.302 e. The van der Waals surface area contributed by atoms with Gasteiger partial charge in [-0.15, -0.1) is 0 Å². The van der Waals surface area contributed by atoms with Gasteiger partial charge in [0.05, 0.1) is 26.8 Å². The third kappa shape index (κ3) is 3.79. The van der Waals surface area contributed by atoms with Gasteiger partial charge in [0.15, 0.2) is 0 Å². The standard InChI is InChI=1S/C19H17N3O3S3/c1-22-17-6-5-14(11-18(17)27-19(22)23)28(24,25)21-16(10-13-7-9-26-12-13)15-4-2-3-8-20-15/h2-9,11-12,16,21H,10H2,1H3/t16-/m1/s1. The van der Waals surface area contributed by atoms with Gasteiger partial charge in [0, 0.05) is 13.2 Å². The van der Waals surface area contributed by atoms with E-state index in [1.807, 2.05) is 29.0 Å². The summed E-state index contributed by atoms with van der Waals surface area (Å²) in [6.07, 6.45) is 2.15. The van der Waals surface area contributed by atoms with Crippen LogP contribution in [0.15, 0.2) is 69.1 Å². The number of fused-ring (bicyclic) bond motifs is 1. The fraction of sp³-hybridized carbons (Fsp3) is 0.158. The molecule has 0 aliphatic carbocycles. The van der Waals surface area contributed by atoms with Gasteiger partial charge in [0.25, 0.3) is 0 Å². The van der Waals surface area contributed by atoms with Crippen molar-refractivity contribution in [2.75, 3.05) is 0 Å². The van der Waals surface area contributed by atoms with Crippen LogP contribution in [0.4, 0.5) is 0 Å². The summed E-state index contributed by atoms with van der Waals surface area (Å²) in [5.41, 5.74) is 2.41. The molecule has 0 aliphatic heterocycles. The van der Waals surface area contributed by atoms with Gasteiger partial charge in [-0.05, 0) is 59.1 Å². The van der Waals surface area contributed by atoms with E-state index in [9.17, 15) is 13.2 Å². The van der Waals surface area contributed by atoms with Crippen LogP contribution in [0.5, 0.6) is 0 Å². The number of nitrogens with zero attached hydrogens (tertiary/aromatic N) is 2. The zero-order chi connectivity index (χ0) is 19.7. The Kier molecular flexibility index (Phi) is 5.15. The average molecular weight is 432 g/mol. The van der Waals surface area contributed by atoms with Crippen LogP contribution in [0.2, 0.25) is 0 Å². The van der Waals surface area contributed by atoms with Gasteiger partial charge in [-0.3, -0.25) is 9.78 Å². The predicted octanol–water partition coefficient (Wildman–Crippen LogP) is 3.32. The van der Waals surface area contributed by atoms with Gasteiger partial charge >= 0.3 is 4.87 Å². The minimum absolute atomic E-state index is 0.124. The van der Waals surface area contributed by atoms with Crippen LogP contribution in [-0.2, 0) is 23.5 Å². The third-order valence-electron chi connectivity index (χ3n) is 4.44. The molecule has 6 nitrogen and oxygen atoms in total. The summed E-state index contributed by atoms with van der Waals surface area (Å²) in [6, 6.07) is 11.7. The Bertz CT molecular complexity index is 1260. The molecule has 0 saturated carbocycles. The lowest BCUT2D eigenvalue weighted by Gasteiger charge is -2.18. The summed E-state index contributed by atoms with van der Waals surface area (Å²) >= 11 is 2.60. The van der Waals surface area contributed by atoms with Crippen molar-refractivity contribution < 1.29 is 8.42 Å². The van der Waals surface area contributed by atoms with Crippen LogP contribution < -0.4 is 9.60 Å². The van der Waals surface area contributed by atoms with Gasteiger partial charge in [0.1, 0.15) is 0 Å². The van der Waals surface area contributed by atoms with Crippen LogP contribution in [0, 0.1) is 0 Å². The number of pyridine rings is 1. The summed E-state index contributed by atoms with van der Waals surface area (Å²) in [5.74, 6) is 0. The fourth-order valence-corrected chi connectivity index (χ4v) is 5.88. The molecule has 0 unspecified atom stereocenters. The Balaban J connectivity index is 1.69. The number of benzene rings is 1. The number of rotatable bonds is 6. The van der Waals surface area contributed by atoms with E-state index < -0.39 is 16.1 Å². The molecule has 0 radical (unpaired) electrons. The highest BCUT2D eigenvalue weighted by atomic mass is 32.2. The SMILES string of the molecule is Cn1c(=O)sc2cc(S(=O)(=O)N[C@H](Cc3ccsc3)c3ccccn3)ccc21. The number of sulfonamides is 1. The minimum Gasteiger partial charge on any atom is -0.302 e. The molecule has 3 heterocycles. The molecule has 1 N–H and O–H groups in total. The van der Waals surface area contributed by atoms with Gasteiger partial charge in [-0.2, -0.15) is 11.3 Å². The topological polar surface area (TPSA) is 81.1 Å². The van der Waals surface area contributed by atoms with Gasteiger partial charge in [-0.1, -0.05) is 17.4 Å². The number of aryl methyl sites for hydroxylation is 1. The van der Waals surface area contributed by atoms with E-state index in [4.69, 9.17) is 0 Å². The molecule has 28 heavy (non-hydrogen) atoms. The Morgan fingerprint density at radius 2 is 2.07 bits per heavy atom. The second-order valence-corrected chi connectivity index (χ2v) is 9.81. The summed E-state index contributed by atoms with van der Waals surface area (Å²) in [6.45, 7) is 0. The first-order valence-electron chi connectivity index (χ1n) is 8.48. The normalized spacial score (nSPS) is 13.0. The largest absolute Gasteiger partial charge is 0.307 e. The molecule has 1 atom stereocenters. The molecule has 3 aromatic heterocycles. The Hall–Kier alpha value is -2.33. The molecule has 1 aromatic carbocycles. The lowest BCUT2D eigenvalue weighted by molar-refractivity contribution is 0.550. The van der Waals surface area contributed by atoms with Crippen molar-refractivity contribution in [3.8, 4) is 0 Å². The van der Waals surface area contributed by atoms with Crippen molar-refractivity contribution in [3.05, 3.63) is 80.3 Å². The first-order valence-corrected chi connectivity index (χ1v) is 11.7.